The normalized spacial score (nSPS) is 18.3. The Morgan fingerprint density at radius 2 is 2.11 bits per heavy atom. The number of aromatic nitrogens is 2. The van der Waals surface area contributed by atoms with Gasteiger partial charge in [-0.05, 0) is 43.6 Å². The molecule has 1 saturated carbocycles. The molecule has 1 aromatic rings. The second-order valence-corrected chi connectivity index (χ2v) is 6.64. The van der Waals surface area contributed by atoms with Crippen LogP contribution in [0.3, 0.4) is 0 Å². The summed E-state index contributed by atoms with van der Waals surface area (Å²) in [5, 5.41) is 3.70. The monoisotopic (exact) mass is 263 g/mol. The molecule has 1 fully saturated rings. The van der Waals surface area contributed by atoms with E-state index in [9.17, 15) is 0 Å². The number of imidazole rings is 1. The standard InChI is InChI=1S/C16H29N3/c1-15(2)12-16(6-3-4-7-16)13-17-8-5-10-19-11-9-18-14-19/h9,11,14-15,17H,3-8,10,12-13H2,1-2H3. The van der Waals surface area contributed by atoms with Gasteiger partial charge in [0.2, 0.25) is 0 Å². The topological polar surface area (TPSA) is 29.9 Å². The molecule has 0 spiro atoms. The molecule has 0 unspecified atom stereocenters. The Balaban J connectivity index is 1.65. The number of rotatable bonds is 8. The SMILES string of the molecule is CC(C)CC1(CNCCCn2ccnc2)CCCC1. The average molecular weight is 263 g/mol. The van der Waals surface area contributed by atoms with Crippen LogP contribution in [-0.4, -0.2) is 22.6 Å². The van der Waals surface area contributed by atoms with Crippen LogP contribution >= 0.6 is 0 Å². The number of nitrogens with one attached hydrogen (secondary N) is 1. The molecule has 0 amide bonds. The summed E-state index contributed by atoms with van der Waals surface area (Å²) in [6.07, 6.45) is 14.1. The molecular weight excluding hydrogens is 234 g/mol. The first kappa shape index (κ1) is 14.6. The van der Waals surface area contributed by atoms with Crippen molar-refractivity contribution in [1.29, 1.82) is 0 Å². The lowest BCUT2D eigenvalue weighted by molar-refractivity contribution is 0.224. The lowest BCUT2D eigenvalue weighted by Crippen LogP contribution is -2.34. The van der Waals surface area contributed by atoms with Gasteiger partial charge in [-0.25, -0.2) is 4.98 Å². The van der Waals surface area contributed by atoms with E-state index in [1.54, 1.807) is 0 Å². The van der Waals surface area contributed by atoms with E-state index < -0.39 is 0 Å². The zero-order chi connectivity index (χ0) is 13.6. The first-order valence-electron chi connectivity index (χ1n) is 7.87. The zero-order valence-corrected chi connectivity index (χ0v) is 12.6. The number of aryl methyl sites for hydroxylation is 1. The summed E-state index contributed by atoms with van der Waals surface area (Å²) in [5.41, 5.74) is 0.600. The van der Waals surface area contributed by atoms with E-state index in [0.717, 1.165) is 19.0 Å². The van der Waals surface area contributed by atoms with Crippen molar-refractivity contribution in [3.05, 3.63) is 18.7 Å². The highest BCUT2D eigenvalue weighted by Gasteiger charge is 2.33. The summed E-state index contributed by atoms with van der Waals surface area (Å²) in [6.45, 7) is 8.13. The van der Waals surface area contributed by atoms with Crippen molar-refractivity contribution in [3.63, 3.8) is 0 Å². The predicted octanol–water partition coefficient (Wildman–Crippen LogP) is 3.47. The minimum Gasteiger partial charge on any atom is -0.337 e. The summed E-state index contributed by atoms with van der Waals surface area (Å²) in [7, 11) is 0. The molecule has 1 aliphatic rings. The Morgan fingerprint density at radius 3 is 2.74 bits per heavy atom. The molecule has 0 aromatic carbocycles. The van der Waals surface area contributed by atoms with Crippen molar-refractivity contribution in [2.75, 3.05) is 13.1 Å². The Bertz CT molecular complexity index is 337. The molecule has 1 aromatic heterocycles. The summed E-state index contributed by atoms with van der Waals surface area (Å²) in [4.78, 5) is 4.07. The molecule has 2 rings (SSSR count). The Hall–Kier alpha value is -0.830. The third-order valence-electron chi connectivity index (χ3n) is 4.33. The predicted molar refractivity (Wildman–Crippen MR) is 80.1 cm³/mol. The summed E-state index contributed by atoms with van der Waals surface area (Å²) in [6, 6.07) is 0. The summed E-state index contributed by atoms with van der Waals surface area (Å²) in [5.74, 6) is 0.825. The van der Waals surface area contributed by atoms with Gasteiger partial charge in [-0.2, -0.15) is 0 Å². The highest BCUT2D eigenvalue weighted by molar-refractivity contribution is 4.87. The smallest absolute Gasteiger partial charge is 0.0945 e. The average Bonchev–Trinajstić information content (AvgIpc) is 3.00. The maximum atomic E-state index is 4.07. The largest absolute Gasteiger partial charge is 0.337 e. The van der Waals surface area contributed by atoms with E-state index in [-0.39, 0.29) is 0 Å². The van der Waals surface area contributed by atoms with Gasteiger partial charge in [-0.3, -0.25) is 0 Å². The molecular formula is C16H29N3. The van der Waals surface area contributed by atoms with Crippen molar-refractivity contribution in [2.45, 2.75) is 58.9 Å². The fraction of sp³-hybridized carbons (Fsp3) is 0.812. The highest BCUT2D eigenvalue weighted by atomic mass is 15.0. The molecule has 1 heterocycles. The van der Waals surface area contributed by atoms with Crippen LogP contribution in [0.4, 0.5) is 0 Å². The molecule has 0 saturated heterocycles. The lowest BCUT2D eigenvalue weighted by Gasteiger charge is -2.31. The van der Waals surface area contributed by atoms with Crippen molar-refractivity contribution in [2.24, 2.45) is 11.3 Å². The van der Waals surface area contributed by atoms with E-state index in [1.807, 2.05) is 18.7 Å². The fourth-order valence-corrected chi connectivity index (χ4v) is 3.60. The zero-order valence-electron chi connectivity index (χ0n) is 12.6. The van der Waals surface area contributed by atoms with Gasteiger partial charge >= 0.3 is 0 Å². The molecule has 0 bridgehead atoms. The lowest BCUT2D eigenvalue weighted by atomic mass is 9.78. The van der Waals surface area contributed by atoms with Crippen LogP contribution in [0.2, 0.25) is 0 Å². The van der Waals surface area contributed by atoms with Gasteiger partial charge in [0.1, 0.15) is 0 Å². The quantitative estimate of drug-likeness (QED) is 0.728. The third-order valence-corrected chi connectivity index (χ3v) is 4.33. The van der Waals surface area contributed by atoms with Gasteiger partial charge in [0, 0.05) is 25.5 Å². The van der Waals surface area contributed by atoms with Gasteiger partial charge in [0.05, 0.1) is 6.33 Å². The second kappa shape index (κ2) is 7.09. The van der Waals surface area contributed by atoms with E-state index >= 15 is 0 Å². The first-order chi connectivity index (χ1) is 9.20. The van der Waals surface area contributed by atoms with Gasteiger partial charge in [-0.1, -0.05) is 26.7 Å². The van der Waals surface area contributed by atoms with Crippen LogP contribution < -0.4 is 5.32 Å². The molecule has 19 heavy (non-hydrogen) atoms. The van der Waals surface area contributed by atoms with Crippen molar-refractivity contribution < 1.29 is 0 Å². The van der Waals surface area contributed by atoms with Gasteiger partial charge < -0.3 is 9.88 Å². The van der Waals surface area contributed by atoms with Gasteiger partial charge in [0.25, 0.3) is 0 Å². The van der Waals surface area contributed by atoms with Gasteiger partial charge in [-0.15, -0.1) is 0 Å². The van der Waals surface area contributed by atoms with Crippen LogP contribution in [0, 0.1) is 11.3 Å². The number of hydrogen-bond donors (Lipinski definition) is 1. The second-order valence-electron chi connectivity index (χ2n) is 6.64. The Morgan fingerprint density at radius 1 is 1.32 bits per heavy atom. The van der Waals surface area contributed by atoms with Crippen LogP contribution in [0.15, 0.2) is 18.7 Å². The highest BCUT2D eigenvalue weighted by Crippen LogP contribution is 2.42. The molecule has 0 aliphatic heterocycles. The van der Waals surface area contributed by atoms with E-state index in [1.165, 1.54) is 45.1 Å². The van der Waals surface area contributed by atoms with Crippen molar-refractivity contribution >= 4 is 0 Å². The van der Waals surface area contributed by atoms with Crippen molar-refractivity contribution in [3.8, 4) is 0 Å². The molecule has 1 N–H and O–H groups in total. The minimum absolute atomic E-state index is 0.600. The molecule has 3 heteroatoms. The molecule has 0 atom stereocenters. The fourth-order valence-electron chi connectivity index (χ4n) is 3.60. The van der Waals surface area contributed by atoms with Crippen LogP contribution in [0.25, 0.3) is 0 Å². The van der Waals surface area contributed by atoms with E-state index in [4.69, 9.17) is 0 Å². The van der Waals surface area contributed by atoms with Crippen LogP contribution in [-0.2, 0) is 6.54 Å². The maximum Gasteiger partial charge on any atom is 0.0945 e. The summed E-state index contributed by atoms with van der Waals surface area (Å²) >= 11 is 0. The van der Waals surface area contributed by atoms with Crippen molar-refractivity contribution in [1.82, 2.24) is 14.9 Å². The number of hydrogen-bond acceptors (Lipinski definition) is 2. The summed E-state index contributed by atoms with van der Waals surface area (Å²) < 4.78 is 2.15. The van der Waals surface area contributed by atoms with E-state index in [2.05, 4.69) is 28.7 Å². The molecule has 3 nitrogen and oxygen atoms in total. The Labute approximate surface area is 117 Å². The molecule has 108 valence electrons. The first-order valence-corrected chi connectivity index (χ1v) is 7.87. The third kappa shape index (κ3) is 4.64. The molecule has 0 radical (unpaired) electrons. The van der Waals surface area contributed by atoms with Crippen LogP contribution in [0.1, 0.15) is 52.4 Å². The Kier molecular flexibility index (Phi) is 5.44. The van der Waals surface area contributed by atoms with Gasteiger partial charge in [0.15, 0.2) is 0 Å². The minimum atomic E-state index is 0.600. The maximum absolute atomic E-state index is 4.07. The van der Waals surface area contributed by atoms with Crippen LogP contribution in [0.5, 0.6) is 0 Å². The van der Waals surface area contributed by atoms with E-state index in [0.29, 0.717) is 5.41 Å². The molecule has 1 aliphatic carbocycles. The number of nitrogens with zero attached hydrogens (tertiary/aromatic N) is 2.